The molecule has 0 atom stereocenters. The van der Waals surface area contributed by atoms with Gasteiger partial charge in [0.15, 0.2) is 4.34 Å². The molecule has 0 aliphatic heterocycles. The SMILES string of the molecule is CCCC(=O)Nc1ccc2nc(SCC(=O)Nc3ccccc3OC)sc2c1. The smallest absolute Gasteiger partial charge is 0.234 e. The highest BCUT2D eigenvalue weighted by molar-refractivity contribution is 8.01. The second kappa shape index (κ2) is 9.57. The van der Waals surface area contributed by atoms with E-state index in [-0.39, 0.29) is 17.6 Å². The van der Waals surface area contributed by atoms with Gasteiger partial charge >= 0.3 is 0 Å². The molecule has 0 aliphatic carbocycles. The van der Waals surface area contributed by atoms with Crippen LogP contribution in [-0.4, -0.2) is 29.7 Å². The van der Waals surface area contributed by atoms with Crippen LogP contribution in [0.5, 0.6) is 5.75 Å². The topological polar surface area (TPSA) is 80.3 Å². The van der Waals surface area contributed by atoms with Crippen LogP contribution in [0.2, 0.25) is 0 Å². The maximum Gasteiger partial charge on any atom is 0.234 e. The van der Waals surface area contributed by atoms with Crippen molar-refractivity contribution >= 4 is 56.5 Å². The first-order valence-electron chi connectivity index (χ1n) is 8.85. The molecule has 0 radical (unpaired) electrons. The van der Waals surface area contributed by atoms with Crippen LogP contribution in [0.3, 0.4) is 0 Å². The molecule has 2 aromatic carbocycles. The number of carbonyl (C=O) groups excluding carboxylic acids is 2. The van der Waals surface area contributed by atoms with Crippen LogP contribution in [0.4, 0.5) is 11.4 Å². The van der Waals surface area contributed by atoms with Gasteiger partial charge in [-0.15, -0.1) is 11.3 Å². The molecular weight excluding hydrogens is 394 g/mol. The average Bonchev–Trinajstić information content (AvgIpc) is 3.09. The molecule has 0 saturated heterocycles. The van der Waals surface area contributed by atoms with Gasteiger partial charge in [-0.3, -0.25) is 9.59 Å². The summed E-state index contributed by atoms with van der Waals surface area (Å²) in [6, 6.07) is 12.9. The lowest BCUT2D eigenvalue weighted by molar-refractivity contribution is -0.116. The molecular formula is C20H21N3O3S2. The van der Waals surface area contributed by atoms with Crippen LogP contribution in [0.15, 0.2) is 46.8 Å². The van der Waals surface area contributed by atoms with Gasteiger partial charge in [-0.25, -0.2) is 4.98 Å². The van der Waals surface area contributed by atoms with E-state index in [9.17, 15) is 9.59 Å². The number of nitrogens with one attached hydrogen (secondary N) is 2. The van der Waals surface area contributed by atoms with E-state index >= 15 is 0 Å². The Bertz CT molecular complexity index is 988. The first-order chi connectivity index (χ1) is 13.6. The lowest BCUT2D eigenvalue weighted by Crippen LogP contribution is -2.14. The summed E-state index contributed by atoms with van der Waals surface area (Å²) in [5.41, 5.74) is 2.26. The fourth-order valence-corrected chi connectivity index (χ4v) is 4.46. The first-order valence-corrected chi connectivity index (χ1v) is 10.7. The van der Waals surface area contributed by atoms with E-state index in [4.69, 9.17) is 4.74 Å². The molecule has 3 rings (SSSR count). The van der Waals surface area contributed by atoms with Crippen LogP contribution >= 0.6 is 23.1 Å². The van der Waals surface area contributed by atoms with E-state index in [1.165, 1.54) is 23.1 Å². The molecule has 0 fully saturated rings. The zero-order chi connectivity index (χ0) is 19.9. The minimum atomic E-state index is -0.124. The van der Waals surface area contributed by atoms with Crippen molar-refractivity contribution in [3.05, 3.63) is 42.5 Å². The molecule has 28 heavy (non-hydrogen) atoms. The molecule has 2 N–H and O–H groups in total. The van der Waals surface area contributed by atoms with Crippen LogP contribution in [-0.2, 0) is 9.59 Å². The molecule has 2 amide bonds. The summed E-state index contributed by atoms with van der Waals surface area (Å²) in [5.74, 6) is 0.756. The molecule has 8 heteroatoms. The normalized spacial score (nSPS) is 10.6. The van der Waals surface area contributed by atoms with E-state index in [2.05, 4.69) is 15.6 Å². The predicted molar refractivity (Wildman–Crippen MR) is 116 cm³/mol. The van der Waals surface area contributed by atoms with E-state index in [0.717, 1.165) is 26.7 Å². The fourth-order valence-electron chi connectivity index (χ4n) is 2.56. The summed E-state index contributed by atoms with van der Waals surface area (Å²) in [6.45, 7) is 1.97. The lowest BCUT2D eigenvalue weighted by atomic mass is 10.2. The third-order valence-corrected chi connectivity index (χ3v) is 6.00. The number of fused-ring (bicyclic) bond motifs is 1. The van der Waals surface area contributed by atoms with E-state index in [1.54, 1.807) is 19.2 Å². The number of methoxy groups -OCH3 is 1. The van der Waals surface area contributed by atoms with Crippen molar-refractivity contribution in [2.45, 2.75) is 24.1 Å². The summed E-state index contributed by atoms with van der Waals surface area (Å²) < 4.78 is 7.02. The number of carbonyl (C=O) groups is 2. The Morgan fingerprint density at radius 1 is 1.14 bits per heavy atom. The number of hydrogen-bond donors (Lipinski definition) is 2. The van der Waals surface area contributed by atoms with E-state index in [1.807, 2.05) is 37.3 Å². The maximum absolute atomic E-state index is 12.2. The molecule has 0 unspecified atom stereocenters. The van der Waals surface area contributed by atoms with Crippen molar-refractivity contribution in [2.24, 2.45) is 0 Å². The first kappa shape index (κ1) is 20.2. The Morgan fingerprint density at radius 2 is 1.96 bits per heavy atom. The summed E-state index contributed by atoms with van der Waals surface area (Å²) in [5, 5.41) is 5.74. The van der Waals surface area contributed by atoms with Crippen molar-refractivity contribution in [1.29, 1.82) is 0 Å². The zero-order valence-corrected chi connectivity index (χ0v) is 17.3. The number of anilines is 2. The van der Waals surface area contributed by atoms with Crippen molar-refractivity contribution in [3.8, 4) is 5.75 Å². The number of hydrogen-bond acceptors (Lipinski definition) is 6. The molecule has 3 aromatic rings. The Kier molecular flexibility index (Phi) is 6.89. The summed E-state index contributed by atoms with van der Waals surface area (Å²) in [6.07, 6.45) is 1.31. The Balaban J connectivity index is 1.61. The fraction of sp³-hybridized carbons (Fsp3) is 0.250. The van der Waals surface area contributed by atoms with Gasteiger partial charge in [0, 0.05) is 12.1 Å². The van der Waals surface area contributed by atoms with Gasteiger partial charge in [-0.1, -0.05) is 30.8 Å². The standard InChI is InChI=1S/C20H21N3O3S2/c1-3-6-18(24)21-13-9-10-15-17(11-13)28-20(23-15)27-12-19(25)22-14-7-4-5-8-16(14)26-2/h4-5,7-11H,3,6,12H2,1-2H3,(H,21,24)(H,22,25). The monoisotopic (exact) mass is 415 g/mol. The highest BCUT2D eigenvalue weighted by Gasteiger charge is 2.11. The van der Waals surface area contributed by atoms with E-state index < -0.39 is 0 Å². The highest BCUT2D eigenvalue weighted by atomic mass is 32.2. The minimum Gasteiger partial charge on any atom is -0.495 e. The third kappa shape index (κ3) is 5.24. The minimum absolute atomic E-state index is 0.00831. The molecule has 146 valence electrons. The zero-order valence-electron chi connectivity index (χ0n) is 15.7. The molecule has 6 nitrogen and oxygen atoms in total. The summed E-state index contributed by atoms with van der Waals surface area (Å²) in [7, 11) is 1.57. The van der Waals surface area contributed by atoms with Gasteiger partial charge in [0.25, 0.3) is 0 Å². The molecule has 0 aliphatic rings. The molecule has 0 spiro atoms. The second-order valence-electron chi connectivity index (χ2n) is 6.00. The molecule has 0 saturated carbocycles. The van der Waals surface area contributed by atoms with Gasteiger partial charge in [0.1, 0.15) is 5.75 Å². The lowest BCUT2D eigenvalue weighted by Gasteiger charge is -2.09. The van der Waals surface area contributed by atoms with Gasteiger partial charge in [-0.05, 0) is 36.8 Å². The van der Waals surface area contributed by atoms with Crippen LogP contribution in [0.25, 0.3) is 10.2 Å². The average molecular weight is 416 g/mol. The van der Waals surface area contributed by atoms with Crippen molar-refractivity contribution in [3.63, 3.8) is 0 Å². The quantitative estimate of drug-likeness (QED) is 0.518. The number of thiazole rings is 1. The van der Waals surface area contributed by atoms with Gasteiger partial charge in [-0.2, -0.15) is 0 Å². The number of benzene rings is 2. The van der Waals surface area contributed by atoms with Crippen LogP contribution in [0.1, 0.15) is 19.8 Å². The molecule has 0 bridgehead atoms. The molecule has 1 heterocycles. The van der Waals surface area contributed by atoms with Gasteiger partial charge < -0.3 is 15.4 Å². The molecule has 1 aromatic heterocycles. The van der Waals surface area contributed by atoms with Crippen molar-refractivity contribution in [2.75, 3.05) is 23.5 Å². The van der Waals surface area contributed by atoms with E-state index in [0.29, 0.717) is 17.9 Å². The number of nitrogens with zero attached hydrogens (tertiary/aromatic N) is 1. The highest BCUT2D eigenvalue weighted by Crippen LogP contribution is 2.31. The Labute approximate surface area is 171 Å². The number of rotatable bonds is 8. The Hall–Kier alpha value is -2.58. The van der Waals surface area contributed by atoms with Gasteiger partial charge in [0.2, 0.25) is 11.8 Å². The number of amides is 2. The van der Waals surface area contributed by atoms with Crippen molar-refractivity contribution < 1.29 is 14.3 Å². The number of thioether (sulfide) groups is 1. The largest absolute Gasteiger partial charge is 0.495 e. The number of ether oxygens (including phenoxy) is 1. The summed E-state index contributed by atoms with van der Waals surface area (Å²) in [4.78, 5) is 28.5. The van der Waals surface area contributed by atoms with Crippen molar-refractivity contribution in [1.82, 2.24) is 4.98 Å². The van der Waals surface area contributed by atoms with Gasteiger partial charge in [0.05, 0.1) is 28.8 Å². The van der Waals surface area contributed by atoms with Crippen LogP contribution in [0, 0.1) is 0 Å². The van der Waals surface area contributed by atoms with Crippen LogP contribution < -0.4 is 15.4 Å². The third-order valence-electron chi connectivity index (χ3n) is 3.84. The number of aromatic nitrogens is 1. The second-order valence-corrected chi connectivity index (χ2v) is 8.25. The predicted octanol–water partition coefficient (Wildman–Crippen LogP) is 4.77. The summed E-state index contributed by atoms with van der Waals surface area (Å²) >= 11 is 2.89. The maximum atomic E-state index is 12.2. The Morgan fingerprint density at radius 3 is 2.75 bits per heavy atom. The number of para-hydroxylation sites is 2.